The van der Waals surface area contributed by atoms with E-state index in [0.717, 1.165) is 43.2 Å². The van der Waals surface area contributed by atoms with Crippen molar-refractivity contribution in [2.24, 2.45) is 0 Å². The summed E-state index contributed by atoms with van der Waals surface area (Å²) in [6.07, 6.45) is 5.66. The second-order valence-corrected chi connectivity index (χ2v) is 11.2. The average Bonchev–Trinajstić information content (AvgIpc) is 3.47. The standard InChI is InChI=1S/C26H33N3O4S/c1-17-14-19(3)24(15-18(17)2)34(32,33)28-22-11-6-8-20(16-22)26(31)29-13-7-12-23(29)25(30)27-21-9-4-5-10-21/h6,8,11,14-16,21,23,28H,4-5,7,9-10,12-13H2,1-3H3,(H,27,30)/t23-/m0/s1. The smallest absolute Gasteiger partial charge is 0.262 e. The third-order valence-corrected chi connectivity index (χ3v) is 8.48. The largest absolute Gasteiger partial charge is 0.352 e. The zero-order valence-electron chi connectivity index (χ0n) is 20.1. The predicted octanol–water partition coefficient (Wildman–Crippen LogP) is 4.08. The maximum Gasteiger partial charge on any atom is 0.262 e. The number of benzene rings is 2. The molecule has 4 rings (SSSR count). The van der Waals surface area contributed by atoms with Crippen molar-refractivity contribution in [1.29, 1.82) is 0 Å². The number of likely N-dealkylation sites (tertiary alicyclic amines) is 1. The third kappa shape index (κ3) is 5.12. The molecule has 0 radical (unpaired) electrons. The Morgan fingerprint density at radius 1 is 0.912 bits per heavy atom. The van der Waals surface area contributed by atoms with Gasteiger partial charge in [0.25, 0.3) is 15.9 Å². The lowest BCUT2D eigenvalue weighted by Gasteiger charge is -2.25. The highest BCUT2D eigenvalue weighted by atomic mass is 32.2. The SMILES string of the molecule is Cc1cc(C)c(S(=O)(=O)Nc2cccc(C(=O)N3CCC[C@H]3C(=O)NC3CCCC3)c2)cc1C. The highest BCUT2D eigenvalue weighted by Gasteiger charge is 2.35. The van der Waals surface area contributed by atoms with Crippen LogP contribution in [-0.2, 0) is 14.8 Å². The summed E-state index contributed by atoms with van der Waals surface area (Å²) in [7, 11) is -3.82. The van der Waals surface area contributed by atoms with Crippen LogP contribution < -0.4 is 10.0 Å². The Kier molecular flexibility index (Phi) is 6.98. The zero-order chi connectivity index (χ0) is 24.5. The van der Waals surface area contributed by atoms with Crippen molar-refractivity contribution in [3.63, 3.8) is 0 Å². The van der Waals surface area contributed by atoms with E-state index in [-0.39, 0.29) is 22.8 Å². The van der Waals surface area contributed by atoms with Gasteiger partial charge in [0.05, 0.1) is 4.90 Å². The second kappa shape index (κ2) is 9.78. The molecule has 1 saturated heterocycles. The summed E-state index contributed by atoms with van der Waals surface area (Å²) in [4.78, 5) is 28.0. The molecule has 1 heterocycles. The molecule has 1 saturated carbocycles. The highest BCUT2D eigenvalue weighted by Crippen LogP contribution is 2.26. The topological polar surface area (TPSA) is 95.6 Å². The summed E-state index contributed by atoms with van der Waals surface area (Å²) < 4.78 is 28.8. The van der Waals surface area contributed by atoms with Crippen molar-refractivity contribution in [2.75, 3.05) is 11.3 Å². The number of carbonyl (C=O) groups is 2. The van der Waals surface area contributed by atoms with E-state index in [9.17, 15) is 18.0 Å². The van der Waals surface area contributed by atoms with E-state index in [2.05, 4.69) is 10.0 Å². The maximum atomic E-state index is 13.3. The number of hydrogen-bond acceptors (Lipinski definition) is 4. The van der Waals surface area contributed by atoms with Crippen molar-refractivity contribution in [3.05, 3.63) is 58.7 Å². The number of nitrogens with zero attached hydrogens (tertiary/aromatic N) is 1. The first-order valence-electron chi connectivity index (χ1n) is 12.0. The van der Waals surface area contributed by atoms with Crippen LogP contribution in [0.25, 0.3) is 0 Å². The predicted molar refractivity (Wildman–Crippen MR) is 132 cm³/mol. The van der Waals surface area contributed by atoms with E-state index in [4.69, 9.17) is 0 Å². The van der Waals surface area contributed by atoms with Gasteiger partial charge in [0.2, 0.25) is 5.91 Å². The van der Waals surface area contributed by atoms with Gasteiger partial charge < -0.3 is 10.2 Å². The molecule has 2 fully saturated rings. The molecule has 1 atom stereocenters. The lowest BCUT2D eigenvalue weighted by molar-refractivity contribution is -0.125. The molecule has 7 nitrogen and oxygen atoms in total. The molecule has 34 heavy (non-hydrogen) atoms. The van der Waals surface area contributed by atoms with Gasteiger partial charge in [-0.1, -0.05) is 25.0 Å². The summed E-state index contributed by atoms with van der Waals surface area (Å²) >= 11 is 0. The molecule has 2 aliphatic rings. The fourth-order valence-electron chi connectivity index (χ4n) is 4.97. The summed E-state index contributed by atoms with van der Waals surface area (Å²) in [6, 6.07) is 9.73. The Bertz CT molecular complexity index is 1200. The second-order valence-electron chi connectivity index (χ2n) is 9.53. The number of nitrogens with one attached hydrogen (secondary N) is 2. The van der Waals surface area contributed by atoms with Crippen LogP contribution in [0.3, 0.4) is 0 Å². The number of amides is 2. The van der Waals surface area contributed by atoms with Gasteiger partial charge in [-0.25, -0.2) is 8.42 Å². The number of carbonyl (C=O) groups excluding carboxylic acids is 2. The molecule has 0 spiro atoms. The van der Waals surface area contributed by atoms with Gasteiger partial charge in [-0.15, -0.1) is 0 Å². The number of sulfonamides is 1. The van der Waals surface area contributed by atoms with Crippen LogP contribution in [0, 0.1) is 20.8 Å². The third-order valence-electron chi connectivity index (χ3n) is 6.96. The number of rotatable bonds is 6. The monoisotopic (exact) mass is 483 g/mol. The molecule has 0 bridgehead atoms. The van der Waals surface area contributed by atoms with Crippen molar-refractivity contribution in [1.82, 2.24) is 10.2 Å². The van der Waals surface area contributed by atoms with E-state index in [1.807, 2.05) is 19.9 Å². The van der Waals surface area contributed by atoms with Gasteiger partial charge in [-0.3, -0.25) is 14.3 Å². The first-order valence-corrected chi connectivity index (χ1v) is 13.5. The minimum Gasteiger partial charge on any atom is -0.352 e. The van der Waals surface area contributed by atoms with Gasteiger partial charge in [0.15, 0.2) is 0 Å². The minimum absolute atomic E-state index is 0.0835. The van der Waals surface area contributed by atoms with E-state index in [1.165, 1.54) is 0 Å². The summed E-state index contributed by atoms with van der Waals surface area (Å²) in [5.74, 6) is -0.340. The summed E-state index contributed by atoms with van der Waals surface area (Å²) in [5, 5.41) is 3.11. The minimum atomic E-state index is -3.82. The van der Waals surface area contributed by atoms with E-state index < -0.39 is 16.1 Å². The molecule has 2 amide bonds. The number of hydrogen-bond donors (Lipinski definition) is 2. The van der Waals surface area contributed by atoms with Crippen molar-refractivity contribution in [2.45, 2.75) is 76.3 Å². The molecule has 1 aliphatic heterocycles. The highest BCUT2D eigenvalue weighted by molar-refractivity contribution is 7.92. The molecule has 0 aromatic heterocycles. The van der Waals surface area contributed by atoms with Gasteiger partial charge in [0, 0.05) is 23.8 Å². The fourth-order valence-corrected chi connectivity index (χ4v) is 6.33. The Morgan fingerprint density at radius 2 is 1.62 bits per heavy atom. The summed E-state index contributed by atoms with van der Waals surface area (Å²) in [6.45, 7) is 6.10. The Morgan fingerprint density at radius 3 is 2.35 bits per heavy atom. The summed E-state index contributed by atoms with van der Waals surface area (Å²) in [5.41, 5.74) is 3.26. The lowest BCUT2D eigenvalue weighted by atomic mass is 10.1. The molecule has 182 valence electrons. The fraction of sp³-hybridized carbons (Fsp3) is 0.462. The van der Waals surface area contributed by atoms with E-state index in [0.29, 0.717) is 29.8 Å². The first-order chi connectivity index (χ1) is 16.2. The van der Waals surface area contributed by atoms with E-state index >= 15 is 0 Å². The van der Waals surface area contributed by atoms with Gasteiger partial charge in [0.1, 0.15) is 6.04 Å². The molecule has 1 aliphatic carbocycles. The Hall–Kier alpha value is -2.87. The Balaban J connectivity index is 1.51. The van der Waals surface area contributed by atoms with Gasteiger partial charge >= 0.3 is 0 Å². The first kappa shape index (κ1) is 24.3. The zero-order valence-corrected chi connectivity index (χ0v) is 20.9. The molecular weight excluding hydrogens is 450 g/mol. The lowest BCUT2D eigenvalue weighted by Crippen LogP contribution is -2.48. The molecule has 8 heteroatoms. The van der Waals surface area contributed by atoms with E-state index in [1.54, 1.807) is 42.2 Å². The van der Waals surface area contributed by atoms with Crippen molar-refractivity contribution >= 4 is 27.5 Å². The molecular formula is C26H33N3O4S. The van der Waals surface area contributed by atoms with Gasteiger partial charge in [-0.05, 0) is 87.4 Å². The maximum absolute atomic E-state index is 13.3. The van der Waals surface area contributed by atoms with Crippen molar-refractivity contribution < 1.29 is 18.0 Å². The van der Waals surface area contributed by atoms with Crippen LogP contribution in [0.2, 0.25) is 0 Å². The van der Waals surface area contributed by atoms with Crippen LogP contribution in [-0.4, -0.2) is 43.8 Å². The van der Waals surface area contributed by atoms with Crippen LogP contribution in [0.15, 0.2) is 41.3 Å². The van der Waals surface area contributed by atoms with Crippen LogP contribution >= 0.6 is 0 Å². The van der Waals surface area contributed by atoms with Crippen molar-refractivity contribution in [3.8, 4) is 0 Å². The Labute approximate surface area is 202 Å². The average molecular weight is 484 g/mol. The number of aryl methyl sites for hydroxylation is 3. The van der Waals surface area contributed by atoms with Crippen LogP contribution in [0.5, 0.6) is 0 Å². The molecule has 2 aromatic rings. The molecule has 0 unspecified atom stereocenters. The number of anilines is 1. The van der Waals surface area contributed by atoms with Crippen LogP contribution in [0.1, 0.15) is 65.6 Å². The van der Waals surface area contributed by atoms with Gasteiger partial charge in [-0.2, -0.15) is 0 Å². The molecule has 2 aromatic carbocycles. The van der Waals surface area contributed by atoms with Crippen LogP contribution in [0.4, 0.5) is 5.69 Å². The molecule has 2 N–H and O–H groups in total. The quantitative estimate of drug-likeness (QED) is 0.647. The normalized spacial score (nSPS) is 18.8.